The molecule has 1 aliphatic heterocycles. The molecule has 0 spiro atoms. The van der Waals surface area contributed by atoms with Crippen LogP contribution < -0.4 is 25.2 Å². The molecule has 1 fully saturated rings. The predicted molar refractivity (Wildman–Crippen MR) is 116 cm³/mol. The number of amides is 2. The van der Waals surface area contributed by atoms with Gasteiger partial charge in [0.05, 0.1) is 43.1 Å². The van der Waals surface area contributed by atoms with E-state index < -0.39 is 5.92 Å². The maximum Gasteiger partial charge on any atom is 0.260 e. The number of fused-ring (bicyclic) bond motifs is 1. The number of aromatic nitrogens is 2. The molecule has 9 nitrogen and oxygen atoms in total. The number of aryl methyl sites for hydroxylation is 1. The molecular formula is C22H22N4O5. The third-order valence-corrected chi connectivity index (χ3v) is 5.36. The van der Waals surface area contributed by atoms with Gasteiger partial charge >= 0.3 is 0 Å². The normalized spacial score (nSPS) is 15.9. The molecule has 2 heterocycles. The van der Waals surface area contributed by atoms with Crippen molar-refractivity contribution in [1.29, 1.82) is 0 Å². The van der Waals surface area contributed by atoms with Crippen LogP contribution in [0.1, 0.15) is 6.42 Å². The second-order valence-corrected chi connectivity index (χ2v) is 7.32. The number of benzene rings is 2. The number of rotatable bonds is 5. The summed E-state index contributed by atoms with van der Waals surface area (Å²) in [5, 5.41) is 3.23. The molecule has 3 aromatic rings. The van der Waals surface area contributed by atoms with Crippen LogP contribution in [0.25, 0.3) is 10.9 Å². The molecule has 0 unspecified atom stereocenters. The van der Waals surface area contributed by atoms with Gasteiger partial charge in [-0.15, -0.1) is 0 Å². The van der Waals surface area contributed by atoms with Gasteiger partial charge in [0, 0.05) is 31.8 Å². The van der Waals surface area contributed by atoms with Crippen LogP contribution in [-0.4, -0.2) is 42.1 Å². The van der Waals surface area contributed by atoms with Crippen molar-refractivity contribution in [1.82, 2.24) is 9.55 Å². The summed E-state index contributed by atoms with van der Waals surface area (Å²) in [5.41, 5.74) is 1.42. The number of carbonyl (C=O) groups excluding carboxylic acids is 2. The molecule has 0 radical (unpaired) electrons. The molecule has 1 aromatic heterocycles. The fourth-order valence-electron chi connectivity index (χ4n) is 3.66. The lowest BCUT2D eigenvalue weighted by Gasteiger charge is -2.20. The number of hydrogen-bond donors (Lipinski definition) is 1. The second kappa shape index (κ2) is 8.10. The summed E-state index contributed by atoms with van der Waals surface area (Å²) < 4.78 is 12.0. The first-order chi connectivity index (χ1) is 14.9. The molecule has 4 rings (SSSR count). The van der Waals surface area contributed by atoms with Gasteiger partial charge in [-0.2, -0.15) is 0 Å². The molecule has 0 saturated carbocycles. The second-order valence-electron chi connectivity index (χ2n) is 7.32. The number of carbonyl (C=O) groups is 2. The highest BCUT2D eigenvalue weighted by Crippen LogP contribution is 2.36. The fraction of sp³-hybridized carbons (Fsp3) is 0.273. The number of anilines is 2. The van der Waals surface area contributed by atoms with Gasteiger partial charge in [-0.05, 0) is 30.3 Å². The van der Waals surface area contributed by atoms with E-state index in [1.807, 2.05) is 0 Å². The Hall–Kier alpha value is -3.88. The van der Waals surface area contributed by atoms with E-state index in [1.54, 1.807) is 55.5 Å². The zero-order valence-corrected chi connectivity index (χ0v) is 17.4. The van der Waals surface area contributed by atoms with Crippen LogP contribution >= 0.6 is 0 Å². The minimum Gasteiger partial charge on any atom is -0.497 e. The van der Waals surface area contributed by atoms with Crippen LogP contribution in [0.3, 0.4) is 0 Å². The minimum atomic E-state index is -0.535. The van der Waals surface area contributed by atoms with Crippen molar-refractivity contribution in [3.05, 3.63) is 53.1 Å². The molecule has 1 saturated heterocycles. The molecule has 2 amide bonds. The van der Waals surface area contributed by atoms with E-state index >= 15 is 0 Å². The quantitative estimate of drug-likeness (QED) is 0.674. The van der Waals surface area contributed by atoms with Crippen LogP contribution in [-0.2, 0) is 16.6 Å². The third kappa shape index (κ3) is 3.81. The van der Waals surface area contributed by atoms with Crippen molar-refractivity contribution in [3.63, 3.8) is 0 Å². The summed E-state index contributed by atoms with van der Waals surface area (Å²) in [4.78, 5) is 43.5. The molecule has 1 atom stereocenters. The number of methoxy groups -OCH3 is 2. The van der Waals surface area contributed by atoms with Crippen molar-refractivity contribution in [3.8, 4) is 11.5 Å². The number of nitrogens with zero attached hydrogens (tertiary/aromatic N) is 3. The standard InChI is InChI=1S/C22H22N4O5/c1-25-12-23-17-6-4-14(9-16(17)22(25)29)24-21(28)13-8-20(27)26(11-13)18-7-5-15(30-2)10-19(18)31-3/h4-7,9-10,12-13H,8,11H2,1-3H3,(H,24,28)/t13-/m1/s1. The van der Waals surface area contributed by atoms with Crippen molar-refractivity contribution < 1.29 is 19.1 Å². The van der Waals surface area contributed by atoms with E-state index in [4.69, 9.17) is 9.47 Å². The first kappa shape index (κ1) is 20.4. The van der Waals surface area contributed by atoms with Crippen LogP contribution in [0.15, 0.2) is 47.5 Å². The highest BCUT2D eigenvalue weighted by atomic mass is 16.5. The molecule has 2 aromatic carbocycles. The highest BCUT2D eigenvalue weighted by molar-refractivity contribution is 6.04. The van der Waals surface area contributed by atoms with Gasteiger partial charge in [0.25, 0.3) is 5.56 Å². The van der Waals surface area contributed by atoms with E-state index in [0.29, 0.717) is 33.8 Å². The molecule has 1 aliphatic rings. The lowest BCUT2D eigenvalue weighted by atomic mass is 10.1. The zero-order chi connectivity index (χ0) is 22.1. The van der Waals surface area contributed by atoms with Gasteiger partial charge in [-0.1, -0.05) is 0 Å². The Balaban J connectivity index is 1.53. The Bertz CT molecular complexity index is 1240. The summed E-state index contributed by atoms with van der Waals surface area (Å²) in [6.45, 7) is 0.226. The van der Waals surface area contributed by atoms with Crippen LogP contribution in [0.4, 0.5) is 11.4 Å². The van der Waals surface area contributed by atoms with Gasteiger partial charge in [-0.3, -0.25) is 14.4 Å². The summed E-state index contributed by atoms with van der Waals surface area (Å²) in [5.74, 6) is 0.112. The fourth-order valence-corrected chi connectivity index (χ4v) is 3.66. The largest absolute Gasteiger partial charge is 0.497 e. The topological polar surface area (TPSA) is 103 Å². The van der Waals surface area contributed by atoms with Gasteiger partial charge in [0.15, 0.2) is 0 Å². The van der Waals surface area contributed by atoms with Crippen LogP contribution in [0.5, 0.6) is 11.5 Å². The molecule has 0 aliphatic carbocycles. The van der Waals surface area contributed by atoms with Crippen molar-refractivity contribution >= 4 is 34.1 Å². The van der Waals surface area contributed by atoms with E-state index in [1.165, 1.54) is 18.0 Å². The molecule has 160 valence electrons. The van der Waals surface area contributed by atoms with Gasteiger partial charge in [-0.25, -0.2) is 4.98 Å². The lowest BCUT2D eigenvalue weighted by Crippen LogP contribution is -2.28. The summed E-state index contributed by atoms with van der Waals surface area (Å²) in [6, 6.07) is 10.1. The third-order valence-electron chi connectivity index (χ3n) is 5.36. The Morgan fingerprint density at radius 3 is 2.68 bits per heavy atom. The summed E-state index contributed by atoms with van der Waals surface area (Å²) in [7, 11) is 4.68. The average molecular weight is 422 g/mol. The number of nitrogens with one attached hydrogen (secondary N) is 1. The lowest BCUT2D eigenvalue weighted by molar-refractivity contribution is -0.122. The van der Waals surface area contributed by atoms with E-state index in [9.17, 15) is 14.4 Å². The van der Waals surface area contributed by atoms with E-state index in [0.717, 1.165) is 0 Å². The summed E-state index contributed by atoms with van der Waals surface area (Å²) in [6.07, 6.45) is 1.53. The van der Waals surface area contributed by atoms with E-state index in [2.05, 4.69) is 10.3 Å². The molecule has 9 heteroatoms. The zero-order valence-electron chi connectivity index (χ0n) is 17.4. The number of ether oxygens (including phenoxy) is 2. The SMILES string of the molecule is COc1ccc(N2C[C@H](C(=O)Nc3ccc4ncn(C)c(=O)c4c3)CC2=O)c(OC)c1. The molecular weight excluding hydrogens is 400 g/mol. The highest BCUT2D eigenvalue weighted by Gasteiger charge is 2.36. The van der Waals surface area contributed by atoms with E-state index in [-0.39, 0.29) is 30.3 Å². The maximum atomic E-state index is 12.8. The maximum absolute atomic E-state index is 12.8. The van der Waals surface area contributed by atoms with Crippen molar-refractivity contribution in [2.45, 2.75) is 6.42 Å². The minimum absolute atomic E-state index is 0.0813. The molecule has 1 N–H and O–H groups in total. The smallest absolute Gasteiger partial charge is 0.260 e. The monoisotopic (exact) mass is 422 g/mol. The van der Waals surface area contributed by atoms with Crippen LogP contribution in [0.2, 0.25) is 0 Å². The Morgan fingerprint density at radius 1 is 1.13 bits per heavy atom. The number of hydrogen-bond acceptors (Lipinski definition) is 6. The van der Waals surface area contributed by atoms with Crippen LogP contribution in [0, 0.1) is 5.92 Å². The van der Waals surface area contributed by atoms with Crippen molar-refractivity contribution in [2.24, 2.45) is 13.0 Å². The first-order valence-corrected chi connectivity index (χ1v) is 9.70. The van der Waals surface area contributed by atoms with Gasteiger partial charge in [0.1, 0.15) is 11.5 Å². The molecule has 31 heavy (non-hydrogen) atoms. The summed E-state index contributed by atoms with van der Waals surface area (Å²) >= 11 is 0. The van der Waals surface area contributed by atoms with Crippen molar-refractivity contribution in [2.75, 3.05) is 31.0 Å². The predicted octanol–water partition coefficient (Wildman–Crippen LogP) is 1.94. The average Bonchev–Trinajstić information content (AvgIpc) is 3.17. The van der Waals surface area contributed by atoms with Gasteiger partial charge in [0.2, 0.25) is 11.8 Å². The Kier molecular flexibility index (Phi) is 5.33. The Morgan fingerprint density at radius 2 is 1.94 bits per heavy atom. The van der Waals surface area contributed by atoms with Gasteiger partial charge < -0.3 is 24.3 Å². The molecule has 0 bridgehead atoms. The Labute approximate surface area is 178 Å². The first-order valence-electron chi connectivity index (χ1n) is 9.70.